The molecule has 2 rings (SSSR count). The third-order valence-corrected chi connectivity index (χ3v) is 2.71. The van der Waals surface area contributed by atoms with Crippen molar-refractivity contribution in [3.05, 3.63) is 57.8 Å². The van der Waals surface area contributed by atoms with Gasteiger partial charge >= 0.3 is 5.97 Å². The largest absolute Gasteiger partial charge is 0.477 e. The average molecular weight is 247 g/mol. The van der Waals surface area contributed by atoms with Crippen LogP contribution in [0.5, 0.6) is 0 Å². The molecule has 92 valence electrons. The number of aromatic amines is 1. The molecule has 0 saturated carbocycles. The molecule has 5 heteroatoms. The van der Waals surface area contributed by atoms with Crippen molar-refractivity contribution in [2.75, 3.05) is 0 Å². The molecule has 1 aromatic carbocycles. The van der Waals surface area contributed by atoms with E-state index in [9.17, 15) is 14.0 Å². The lowest BCUT2D eigenvalue weighted by atomic mass is 10.0. The quantitative estimate of drug-likeness (QED) is 0.854. The molecular formula is C13H10FNO3. The van der Waals surface area contributed by atoms with Gasteiger partial charge in [0.1, 0.15) is 11.4 Å². The third-order valence-electron chi connectivity index (χ3n) is 2.71. The van der Waals surface area contributed by atoms with E-state index in [1.54, 1.807) is 13.0 Å². The number of aromatic carboxylic acids is 1. The SMILES string of the molecule is Cc1c(F)cccc1-c1c[nH]c(=O)c(C(=O)O)c1. The Morgan fingerprint density at radius 1 is 1.39 bits per heavy atom. The van der Waals surface area contributed by atoms with Gasteiger partial charge in [-0.1, -0.05) is 12.1 Å². The van der Waals surface area contributed by atoms with Crippen molar-refractivity contribution in [2.24, 2.45) is 0 Å². The first kappa shape index (κ1) is 12.0. The highest BCUT2D eigenvalue weighted by atomic mass is 19.1. The van der Waals surface area contributed by atoms with Crippen LogP contribution in [-0.4, -0.2) is 16.1 Å². The summed E-state index contributed by atoms with van der Waals surface area (Å²) in [4.78, 5) is 24.5. The van der Waals surface area contributed by atoms with Crippen LogP contribution in [0.25, 0.3) is 11.1 Å². The van der Waals surface area contributed by atoms with Crippen molar-refractivity contribution in [2.45, 2.75) is 6.92 Å². The number of nitrogens with one attached hydrogen (secondary N) is 1. The Hall–Kier alpha value is -2.43. The molecule has 1 heterocycles. The Labute approximate surface area is 102 Å². The summed E-state index contributed by atoms with van der Waals surface area (Å²) in [5, 5.41) is 8.87. The number of carboxylic acids is 1. The maximum atomic E-state index is 13.4. The van der Waals surface area contributed by atoms with E-state index in [2.05, 4.69) is 4.98 Å². The molecule has 0 amide bonds. The zero-order valence-corrected chi connectivity index (χ0v) is 9.53. The van der Waals surface area contributed by atoms with Crippen LogP contribution in [0.15, 0.2) is 35.3 Å². The van der Waals surface area contributed by atoms with Crippen LogP contribution in [0.3, 0.4) is 0 Å². The number of halogens is 1. The number of carbonyl (C=O) groups is 1. The predicted octanol–water partition coefficient (Wildman–Crippen LogP) is 2.19. The van der Waals surface area contributed by atoms with Crippen LogP contribution in [-0.2, 0) is 0 Å². The number of pyridine rings is 1. The molecule has 0 unspecified atom stereocenters. The van der Waals surface area contributed by atoms with Crippen LogP contribution in [0, 0.1) is 12.7 Å². The van der Waals surface area contributed by atoms with E-state index in [-0.39, 0.29) is 11.4 Å². The summed E-state index contributed by atoms with van der Waals surface area (Å²) < 4.78 is 13.4. The second-order valence-electron chi connectivity index (χ2n) is 3.85. The summed E-state index contributed by atoms with van der Waals surface area (Å²) in [7, 11) is 0. The fourth-order valence-corrected chi connectivity index (χ4v) is 1.72. The molecule has 0 aliphatic carbocycles. The average Bonchev–Trinajstić information content (AvgIpc) is 2.33. The first-order valence-electron chi connectivity index (χ1n) is 5.22. The van der Waals surface area contributed by atoms with Crippen molar-refractivity contribution < 1.29 is 14.3 Å². The maximum Gasteiger partial charge on any atom is 0.341 e. The standard InChI is InChI=1S/C13H10FNO3/c1-7-9(3-2-4-11(7)14)8-5-10(13(17)18)12(16)15-6-8/h2-6H,1H3,(H,15,16)(H,17,18). The van der Waals surface area contributed by atoms with Crippen LogP contribution in [0.4, 0.5) is 4.39 Å². The number of H-pyrrole nitrogens is 1. The minimum absolute atomic E-state index is 0.365. The number of carboxylic acid groups (broad SMARTS) is 1. The van der Waals surface area contributed by atoms with Gasteiger partial charge in [-0.3, -0.25) is 4.79 Å². The first-order valence-corrected chi connectivity index (χ1v) is 5.22. The lowest BCUT2D eigenvalue weighted by molar-refractivity contribution is 0.0695. The lowest BCUT2D eigenvalue weighted by Gasteiger charge is -2.07. The Morgan fingerprint density at radius 3 is 2.78 bits per heavy atom. The van der Waals surface area contributed by atoms with E-state index in [0.717, 1.165) is 0 Å². The van der Waals surface area contributed by atoms with E-state index in [1.807, 2.05) is 0 Å². The molecule has 0 aliphatic heterocycles. The molecule has 0 spiro atoms. The Kier molecular flexibility index (Phi) is 2.97. The molecule has 2 N–H and O–H groups in total. The van der Waals surface area contributed by atoms with Crippen molar-refractivity contribution >= 4 is 5.97 Å². The van der Waals surface area contributed by atoms with Gasteiger partial charge in [0.05, 0.1) is 0 Å². The molecular weight excluding hydrogens is 237 g/mol. The van der Waals surface area contributed by atoms with Crippen molar-refractivity contribution in [3.63, 3.8) is 0 Å². The summed E-state index contributed by atoms with van der Waals surface area (Å²) in [5.74, 6) is -1.69. The zero-order valence-electron chi connectivity index (χ0n) is 9.53. The van der Waals surface area contributed by atoms with Crippen molar-refractivity contribution in [1.29, 1.82) is 0 Å². The number of rotatable bonds is 2. The van der Waals surface area contributed by atoms with Gasteiger partial charge in [-0.25, -0.2) is 9.18 Å². The highest BCUT2D eigenvalue weighted by molar-refractivity contribution is 5.88. The number of aromatic nitrogens is 1. The second-order valence-corrected chi connectivity index (χ2v) is 3.85. The van der Waals surface area contributed by atoms with Gasteiger partial charge in [0.15, 0.2) is 0 Å². The number of hydrogen-bond donors (Lipinski definition) is 2. The topological polar surface area (TPSA) is 70.2 Å². The van der Waals surface area contributed by atoms with Gasteiger partial charge in [-0.15, -0.1) is 0 Å². The van der Waals surface area contributed by atoms with E-state index >= 15 is 0 Å². The Morgan fingerprint density at radius 2 is 2.11 bits per heavy atom. The molecule has 0 fully saturated rings. The highest BCUT2D eigenvalue weighted by Gasteiger charge is 2.12. The van der Waals surface area contributed by atoms with Crippen molar-refractivity contribution in [3.8, 4) is 11.1 Å². The summed E-state index contributed by atoms with van der Waals surface area (Å²) in [5.41, 5.74) is 0.370. The third kappa shape index (κ3) is 2.02. The predicted molar refractivity (Wildman–Crippen MR) is 64.2 cm³/mol. The fourth-order valence-electron chi connectivity index (χ4n) is 1.72. The van der Waals surface area contributed by atoms with Gasteiger partial charge in [-0.2, -0.15) is 0 Å². The smallest absolute Gasteiger partial charge is 0.341 e. The monoisotopic (exact) mass is 247 g/mol. The Bertz CT molecular complexity index is 676. The minimum Gasteiger partial charge on any atom is -0.477 e. The van der Waals surface area contributed by atoms with Crippen LogP contribution >= 0.6 is 0 Å². The van der Waals surface area contributed by atoms with E-state index in [4.69, 9.17) is 5.11 Å². The molecule has 0 saturated heterocycles. The number of hydrogen-bond acceptors (Lipinski definition) is 2. The van der Waals surface area contributed by atoms with E-state index in [0.29, 0.717) is 16.7 Å². The fraction of sp³-hybridized carbons (Fsp3) is 0.0769. The lowest BCUT2D eigenvalue weighted by Crippen LogP contribution is -2.16. The molecule has 0 aliphatic rings. The van der Waals surface area contributed by atoms with Gasteiger partial charge in [0.25, 0.3) is 5.56 Å². The van der Waals surface area contributed by atoms with Crippen molar-refractivity contribution in [1.82, 2.24) is 4.98 Å². The second kappa shape index (κ2) is 4.44. The normalized spacial score (nSPS) is 10.3. The zero-order chi connectivity index (χ0) is 13.3. The van der Waals surface area contributed by atoms with E-state index < -0.39 is 11.5 Å². The molecule has 4 nitrogen and oxygen atoms in total. The Balaban J connectivity index is 2.65. The minimum atomic E-state index is -1.31. The van der Waals surface area contributed by atoms with Gasteiger partial charge in [0, 0.05) is 6.20 Å². The van der Waals surface area contributed by atoms with Crippen LogP contribution in [0.2, 0.25) is 0 Å². The van der Waals surface area contributed by atoms with Gasteiger partial charge in [-0.05, 0) is 35.7 Å². The molecule has 0 atom stereocenters. The summed E-state index contributed by atoms with van der Waals surface area (Å²) >= 11 is 0. The summed E-state index contributed by atoms with van der Waals surface area (Å²) in [6.45, 7) is 1.59. The first-order chi connectivity index (χ1) is 8.50. The summed E-state index contributed by atoms with van der Waals surface area (Å²) in [6.07, 6.45) is 1.37. The van der Waals surface area contributed by atoms with Crippen LogP contribution < -0.4 is 5.56 Å². The molecule has 2 aromatic rings. The van der Waals surface area contributed by atoms with E-state index in [1.165, 1.54) is 24.4 Å². The molecule has 1 aromatic heterocycles. The number of benzene rings is 1. The highest BCUT2D eigenvalue weighted by Crippen LogP contribution is 2.24. The summed E-state index contributed by atoms with van der Waals surface area (Å²) in [6, 6.07) is 5.76. The van der Waals surface area contributed by atoms with Gasteiger partial charge < -0.3 is 10.1 Å². The maximum absolute atomic E-state index is 13.4. The molecule has 18 heavy (non-hydrogen) atoms. The molecule has 0 radical (unpaired) electrons. The van der Waals surface area contributed by atoms with Crippen LogP contribution in [0.1, 0.15) is 15.9 Å². The van der Waals surface area contributed by atoms with Gasteiger partial charge in [0.2, 0.25) is 0 Å². The molecule has 0 bridgehead atoms.